The van der Waals surface area contributed by atoms with Gasteiger partial charge in [0.1, 0.15) is 0 Å². The normalized spacial score (nSPS) is 12.4. The molecule has 1 aromatic carbocycles. The van der Waals surface area contributed by atoms with E-state index in [2.05, 4.69) is 21.4 Å². The molecule has 2 aromatic rings. The van der Waals surface area contributed by atoms with Gasteiger partial charge in [-0.3, -0.25) is 5.84 Å². The third-order valence-corrected chi connectivity index (χ3v) is 4.52. The molecule has 0 aliphatic rings. The zero-order chi connectivity index (χ0) is 13.1. The molecule has 6 heteroatoms. The molecular weight excluding hydrogens is 319 g/mol. The van der Waals surface area contributed by atoms with E-state index in [0.717, 1.165) is 14.9 Å². The maximum absolute atomic E-state index is 13.7. The van der Waals surface area contributed by atoms with E-state index in [1.54, 1.807) is 23.5 Å². The second-order valence-electron chi connectivity index (χ2n) is 3.63. The van der Waals surface area contributed by atoms with Crippen LogP contribution in [0.3, 0.4) is 0 Å². The van der Waals surface area contributed by atoms with Crippen molar-refractivity contribution in [2.24, 2.45) is 5.84 Å². The smallest absolute Gasteiger partial charge is 0.165 e. The standard InChI is InChI=1S/C12H12BrFN2OS/c1-17-10-3-2-7(6-9(10)14)11(16-15)12-8(13)4-5-18-12/h2-6,11,16H,15H2,1H3. The molecule has 0 aliphatic carbocycles. The number of benzene rings is 1. The molecule has 2 rings (SSSR count). The molecule has 0 saturated heterocycles. The third kappa shape index (κ3) is 2.56. The number of rotatable bonds is 4. The lowest BCUT2D eigenvalue weighted by molar-refractivity contribution is 0.386. The van der Waals surface area contributed by atoms with Crippen molar-refractivity contribution in [3.8, 4) is 5.75 Å². The van der Waals surface area contributed by atoms with Gasteiger partial charge in [0.15, 0.2) is 11.6 Å². The van der Waals surface area contributed by atoms with Crippen molar-refractivity contribution in [3.05, 3.63) is 50.4 Å². The molecule has 0 aliphatic heterocycles. The summed E-state index contributed by atoms with van der Waals surface area (Å²) in [6, 6.07) is 6.49. The van der Waals surface area contributed by atoms with E-state index >= 15 is 0 Å². The summed E-state index contributed by atoms with van der Waals surface area (Å²) in [5.74, 6) is 5.39. The quantitative estimate of drug-likeness (QED) is 0.668. The van der Waals surface area contributed by atoms with Crippen LogP contribution in [0.5, 0.6) is 5.75 Å². The Bertz CT molecular complexity index is 547. The fraction of sp³-hybridized carbons (Fsp3) is 0.167. The van der Waals surface area contributed by atoms with E-state index < -0.39 is 5.82 Å². The van der Waals surface area contributed by atoms with Gasteiger partial charge in [-0.05, 0) is 45.1 Å². The molecule has 3 nitrogen and oxygen atoms in total. The number of hydrogen-bond acceptors (Lipinski definition) is 4. The Labute approximate surface area is 117 Å². The maximum atomic E-state index is 13.7. The first-order chi connectivity index (χ1) is 8.67. The number of nitrogens with two attached hydrogens (primary N) is 1. The van der Waals surface area contributed by atoms with E-state index in [0.29, 0.717) is 0 Å². The van der Waals surface area contributed by atoms with Gasteiger partial charge in [0.05, 0.1) is 13.2 Å². The molecular formula is C12H12BrFN2OS. The average molecular weight is 331 g/mol. The van der Waals surface area contributed by atoms with Gasteiger partial charge in [-0.1, -0.05) is 6.07 Å². The van der Waals surface area contributed by atoms with Crippen molar-refractivity contribution in [2.75, 3.05) is 7.11 Å². The molecule has 1 unspecified atom stereocenters. The molecule has 18 heavy (non-hydrogen) atoms. The number of ether oxygens (including phenoxy) is 1. The molecule has 1 heterocycles. The molecule has 0 bridgehead atoms. The molecule has 0 spiro atoms. The highest BCUT2D eigenvalue weighted by Crippen LogP contribution is 2.33. The summed E-state index contributed by atoms with van der Waals surface area (Å²) < 4.78 is 19.5. The van der Waals surface area contributed by atoms with Crippen LogP contribution in [-0.2, 0) is 0 Å². The van der Waals surface area contributed by atoms with Gasteiger partial charge in [0.2, 0.25) is 0 Å². The Balaban J connectivity index is 2.40. The summed E-state index contributed by atoms with van der Waals surface area (Å²) in [7, 11) is 1.44. The Morgan fingerprint density at radius 2 is 2.22 bits per heavy atom. The molecule has 0 radical (unpaired) electrons. The Hall–Kier alpha value is -0.950. The molecule has 0 fully saturated rings. The summed E-state index contributed by atoms with van der Waals surface area (Å²) in [6.07, 6.45) is 0. The zero-order valence-corrected chi connectivity index (χ0v) is 12.0. The summed E-state index contributed by atoms with van der Waals surface area (Å²) in [6.45, 7) is 0. The van der Waals surface area contributed by atoms with E-state index in [1.807, 2.05) is 11.4 Å². The molecule has 96 valence electrons. The maximum Gasteiger partial charge on any atom is 0.165 e. The van der Waals surface area contributed by atoms with Gasteiger partial charge in [-0.15, -0.1) is 11.3 Å². The van der Waals surface area contributed by atoms with Crippen molar-refractivity contribution < 1.29 is 9.13 Å². The number of hydrogen-bond donors (Lipinski definition) is 2. The molecule has 3 N–H and O–H groups in total. The summed E-state index contributed by atoms with van der Waals surface area (Å²) in [5.41, 5.74) is 3.45. The average Bonchev–Trinajstić information content (AvgIpc) is 2.77. The minimum absolute atomic E-state index is 0.222. The van der Waals surface area contributed by atoms with Crippen LogP contribution in [0.2, 0.25) is 0 Å². The predicted molar refractivity (Wildman–Crippen MR) is 74.1 cm³/mol. The number of nitrogens with one attached hydrogen (secondary N) is 1. The summed E-state index contributed by atoms with van der Waals surface area (Å²) in [5, 5.41) is 1.95. The van der Waals surface area contributed by atoms with Crippen LogP contribution in [0.1, 0.15) is 16.5 Å². The first-order valence-corrected chi connectivity index (χ1v) is 6.87. The van der Waals surface area contributed by atoms with Crippen LogP contribution in [0.15, 0.2) is 34.1 Å². The highest BCUT2D eigenvalue weighted by molar-refractivity contribution is 9.10. The highest BCUT2D eigenvalue weighted by Gasteiger charge is 2.18. The minimum Gasteiger partial charge on any atom is -0.494 e. The largest absolute Gasteiger partial charge is 0.494 e. The van der Waals surface area contributed by atoms with E-state index in [-0.39, 0.29) is 11.8 Å². The van der Waals surface area contributed by atoms with Crippen LogP contribution in [-0.4, -0.2) is 7.11 Å². The number of hydrazine groups is 1. The molecule has 0 saturated carbocycles. The summed E-state index contributed by atoms with van der Waals surface area (Å²) >= 11 is 5.00. The van der Waals surface area contributed by atoms with E-state index in [9.17, 15) is 4.39 Å². The zero-order valence-electron chi connectivity index (χ0n) is 9.61. The molecule has 1 aromatic heterocycles. The molecule has 0 amide bonds. The minimum atomic E-state index is -0.400. The fourth-order valence-electron chi connectivity index (χ4n) is 1.70. The lowest BCUT2D eigenvalue weighted by Crippen LogP contribution is -2.28. The second kappa shape index (κ2) is 5.79. The van der Waals surface area contributed by atoms with Gasteiger partial charge in [0.25, 0.3) is 0 Å². The Morgan fingerprint density at radius 1 is 1.44 bits per heavy atom. The highest BCUT2D eigenvalue weighted by atomic mass is 79.9. The monoisotopic (exact) mass is 330 g/mol. The number of thiophene rings is 1. The Morgan fingerprint density at radius 3 is 2.72 bits per heavy atom. The lowest BCUT2D eigenvalue weighted by Gasteiger charge is -2.16. The number of methoxy groups -OCH3 is 1. The van der Waals surface area contributed by atoms with E-state index in [1.165, 1.54) is 13.2 Å². The van der Waals surface area contributed by atoms with Gasteiger partial charge in [-0.25, -0.2) is 9.82 Å². The van der Waals surface area contributed by atoms with Gasteiger partial charge >= 0.3 is 0 Å². The first kappa shape index (κ1) is 13.5. The van der Waals surface area contributed by atoms with Crippen molar-refractivity contribution >= 4 is 27.3 Å². The van der Waals surface area contributed by atoms with Crippen LogP contribution < -0.4 is 16.0 Å². The van der Waals surface area contributed by atoms with Gasteiger partial charge < -0.3 is 4.74 Å². The van der Waals surface area contributed by atoms with Gasteiger partial charge in [-0.2, -0.15) is 0 Å². The van der Waals surface area contributed by atoms with Crippen LogP contribution >= 0.6 is 27.3 Å². The lowest BCUT2D eigenvalue weighted by atomic mass is 10.1. The topological polar surface area (TPSA) is 47.3 Å². The summed E-state index contributed by atoms with van der Waals surface area (Å²) in [4.78, 5) is 1.00. The van der Waals surface area contributed by atoms with Crippen molar-refractivity contribution in [1.82, 2.24) is 5.43 Å². The van der Waals surface area contributed by atoms with Crippen molar-refractivity contribution in [2.45, 2.75) is 6.04 Å². The van der Waals surface area contributed by atoms with Gasteiger partial charge in [0, 0.05) is 9.35 Å². The molecule has 1 atom stereocenters. The van der Waals surface area contributed by atoms with Crippen LogP contribution in [0.4, 0.5) is 4.39 Å². The van der Waals surface area contributed by atoms with Crippen molar-refractivity contribution in [1.29, 1.82) is 0 Å². The second-order valence-corrected chi connectivity index (χ2v) is 5.43. The first-order valence-electron chi connectivity index (χ1n) is 5.19. The van der Waals surface area contributed by atoms with Crippen molar-refractivity contribution in [3.63, 3.8) is 0 Å². The van der Waals surface area contributed by atoms with Crippen LogP contribution in [0, 0.1) is 5.82 Å². The third-order valence-electron chi connectivity index (χ3n) is 2.58. The SMILES string of the molecule is COc1ccc(C(NN)c2sccc2Br)cc1F. The number of halogens is 2. The predicted octanol–water partition coefficient (Wildman–Crippen LogP) is 3.21. The van der Waals surface area contributed by atoms with Crippen LogP contribution in [0.25, 0.3) is 0 Å². The fourth-order valence-corrected chi connectivity index (χ4v) is 3.38. The van der Waals surface area contributed by atoms with E-state index in [4.69, 9.17) is 10.6 Å². The Kier molecular flexibility index (Phi) is 4.34.